The third-order valence-electron chi connectivity index (χ3n) is 3.00. The Morgan fingerprint density at radius 3 is 3.11 bits per heavy atom. The van der Waals surface area contributed by atoms with E-state index >= 15 is 0 Å². The number of carbonyl (C=O) groups is 1. The van der Waals surface area contributed by atoms with Crippen molar-refractivity contribution < 1.29 is 9.90 Å². The van der Waals surface area contributed by atoms with Crippen LogP contribution in [0.15, 0.2) is 40.4 Å². The molecule has 0 fully saturated rings. The van der Waals surface area contributed by atoms with Crippen molar-refractivity contribution in [2.75, 3.05) is 19.7 Å². The quantitative estimate of drug-likeness (QED) is 0.711. The van der Waals surface area contributed by atoms with Gasteiger partial charge in [0.15, 0.2) is 0 Å². The van der Waals surface area contributed by atoms with Crippen molar-refractivity contribution in [3.63, 3.8) is 0 Å². The minimum absolute atomic E-state index is 0.126. The molecule has 0 aromatic heterocycles. The number of carbonyl (C=O) groups excluding carboxylic acids is 1. The van der Waals surface area contributed by atoms with Crippen LogP contribution < -0.4 is 5.32 Å². The van der Waals surface area contributed by atoms with Gasteiger partial charge in [0.1, 0.15) is 0 Å². The predicted octanol–water partition coefficient (Wildman–Crippen LogP) is 0.998. The Labute approximate surface area is 107 Å². The standard InChI is InChI=1S/C14H18N2O2/c1-10-3-4-11-8-12(9-15-5-2-6-17)14(18)16-13(11)7-10/h3-4,7-8,11,15,17H,2,5-6,9H2,1H3. The third kappa shape index (κ3) is 3.03. The molecule has 18 heavy (non-hydrogen) atoms. The lowest BCUT2D eigenvalue weighted by molar-refractivity contribution is -0.114. The number of amides is 1. The number of nitrogens with zero attached hydrogens (tertiary/aromatic N) is 1. The highest BCUT2D eigenvalue weighted by atomic mass is 16.3. The summed E-state index contributed by atoms with van der Waals surface area (Å²) < 4.78 is 0. The number of dihydropyridines is 1. The maximum atomic E-state index is 11.8. The summed E-state index contributed by atoms with van der Waals surface area (Å²) in [5, 5.41) is 11.8. The highest BCUT2D eigenvalue weighted by Gasteiger charge is 2.22. The average molecular weight is 246 g/mol. The van der Waals surface area contributed by atoms with Gasteiger partial charge in [-0.05, 0) is 31.5 Å². The minimum atomic E-state index is -0.155. The van der Waals surface area contributed by atoms with E-state index < -0.39 is 0 Å². The molecule has 0 saturated heterocycles. The van der Waals surface area contributed by atoms with Gasteiger partial charge in [-0.25, -0.2) is 4.99 Å². The van der Waals surface area contributed by atoms with Gasteiger partial charge in [0.05, 0.1) is 5.71 Å². The number of hydrogen-bond acceptors (Lipinski definition) is 3. The Balaban J connectivity index is 1.99. The first-order chi connectivity index (χ1) is 8.70. The van der Waals surface area contributed by atoms with Gasteiger partial charge in [0, 0.05) is 24.6 Å². The molecule has 1 heterocycles. The Kier molecular flexibility index (Phi) is 4.23. The van der Waals surface area contributed by atoms with E-state index in [0.29, 0.717) is 25.1 Å². The van der Waals surface area contributed by atoms with Crippen molar-refractivity contribution in [1.82, 2.24) is 5.32 Å². The molecule has 0 spiro atoms. The molecule has 1 unspecified atom stereocenters. The number of fused-ring (bicyclic) bond motifs is 1. The van der Waals surface area contributed by atoms with Crippen molar-refractivity contribution in [3.05, 3.63) is 35.5 Å². The Bertz CT molecular complexity index is 458. The summed E-state index contributed by atoms with van der Waals surface area (Å²) in [6, 6.07) is 0. The Morgan fingerprint density at radius 1 is 1.50 bits per heavy atom. The van der Waals surface area contributed by atoms with Crippen LogP contribution in [0.2, 0.25) is 0 Å². The van der Waals surface area contributed by atoms with Crippen LogP contribution in [-0.2, 0) is 4.79 Å². The van der Waals surface area contributed by atoms with Crippen LogP contribution in [0.1, 0.15) is 13.3 Å². The summed E-state index contributed by atoms with van der Waals surface area (Å²) >= 11 is 0. The van der Waals surface area contributed by atoms with E-state index in [4.69, 9.17) is 5.11 Å². The summed E-state index contributed by atoms with van der Waals surface area (Å²) in [6.07, 6.45) is 8.73. The van der Waals surface area contributed by atoms with Crippen LogP contribution in [-0.4, -0.2) is 36.4 Å². The molecule has 2 N–H and O–H groups in total. The monoisotopic (exact) mass is 246 g/mol. The largest absolute Gasteiger partial charge is 0.396 e. The molecular formula is C14H18N2O2. The van der Waals surface area contributed by atoms with Gasteiger partial charge < -0.3 is 10.4 Å². The first kappa shape index (κ1) is 12.9. The van der Waals surface area contributed by atoms with Crippen LogP contribution in [0.3, 0.4) is 0 Å². The second-order valence-electron chi connectivity index (χ2n) is 4.56. The van der Waals surface area contributed by atoms with Gasteiger partial charge in [0.25, 0.3) is 5.91 Å². The van der Waals surface area contributed by atoms with E-state index in [2.05, 4.69) is 16.4 Å². The zero-order chi connectivity index (χ0) is 13.0. The first-order valence-electron chi connectivity index (χ1n) is 6.22. The fourth-order valence-corrected chi connectivity index (χ4v) is 2.02. The molecule has 1 aliphatic heterocycles. The Morgan fingerprint density at radius 2 is 2.33 bits per heavy atom. The summed E-state index contributed by atoms with van der Waals surface area (Å²) in [7, 11) is 0. The molecule has 1 atom stereocenters. The number of rotatable bonds is 5. The molecule has 96 valence electrons. The molecule has 0 saturated carbocycles. The van der Waals surface area contributed by atoms with Gasteiger partial charge in [-0.15, -0.1) is 0 Å². The highest BCUT2D eigenvalue weighted by molar-refractivity contribution is 6.13. The van der Waals surface area contributed by atoms with Crippen LogP contribution in [0.25, 0.3) is 0 Å². The SMILES string of the molecule is CC1=CC2=NC(=O)C(CNCCCO)=CC2C=C1. The molecule has 2 aliphatic rings. The number of aliphatic hydroxyl groups is 1. The number of aliphatic imine (C=N–C) groups is 1. The van der Waals surface area contributed by atoms with Gasteiger partial charge in [-0.3, -0.25) is 4.79 Å². The molecule has 0 radical (unpaired) electrons. The molecule has 1 amide bonds. The molecule has 1 aliphatic carbocycles. The van der Waals surface area contributed by atoms with Gasteiger partial charge in [-0.1, -0.05) is 18.2 Å². The predicted molar refractivity (Wildman–Crippen MR) is 71.5 cm³/mol. The molecular weight excluding hydrogens is 228 g/mol. The number of allylic oxidation sites excluding steroid dienone is 5. The van der Waals surface area contributed by atoms with E-state index in [9.17, 15) is 4.79 Å². The van der Waals surface area contributed by atoms with Crippen LogP contribution in [0.4, 0.5) is 0 Å². The number of hydrogen-bond donors (Lipinski definition) is 2. The average Bonchev–Trinajstić information content (AvgIpc) is 2.35. The van der Waals surface area contributed by atoms with Gasteiger partial charge >= 0.3 is 0 Å². The maximum Gasteiger partial charge on any atom is 0.274 e. The molecule has 2 rings (SSSR count). The highest BCUT2D eigenvalue weighted by Crippen LogP contribution is 2.21. The lowest BCUT2D eigenvalue weighted by Crippen LogP contribution is -2.27. The van der Waals surface area contributed by atoms with Crippen molar-refractivity contribution in [2.45, 2.75) is 13.3 Å². The fraction of sp³-hybridized carbons (Fsp3) is 0.429. The Hall–Kier alpha value is -1.52. The first-order valence-corrected chi connectivity index (χ1v) is 6.22. The molecule has 4 heteroatoms. The van der Waals surface area contributed by atoms with E-state index in [1.54, 1.807) is 0 Å². The number of aliphatic hydroxyl groups excluding tert-OH is 1. The minimum Gasteiger partial charge on any atom is -0.396 e. The molecule has 0 aromatic rings. The second kappa shape index (κ2) is 5.89. The topological polar surface area (TPSA) is 61.7 Å². The van der Waals surface area contributed by atoms with Gasteiger partial charge in [-0.2, -0.15) is 0 Å². The summed E-state index contributed by atoms with van der Waals surface area (Å²) in [5.74, 6) is -0.0295. The summed E-state index contributed by atoms with van der Waals surface area (Å²) in [5.41, 5.74) is 2.66. The lowest BCUT2D eigenvalue weighted by atomic mass is 9.90. The fourth-order valence-electron chi connectivity index (χ4n) is 2.02. The van der Waals surface area contributed by atoms with Crippen LogP contribution >= 0.6 is 0 Å². The van der Waals surface area contributed by atoms with Crippen molar-refractivity contribution in [3.8, 4) is 0 Å². The van der Waals surface area contributed by atoms with E-state index in [1.165, 1.54) is 0 Å². The summed E-state index contributed by atoms with van der Waals surface area (Å²) in [4.78, 5) is 15.9. The van der Waals surface area contributed by atoms with Crippen LogP contribution in [0.5, 0.6) is 0 Å². The van der Waals surface area contributed by atoms with E-state index in [1.807, 2.05) is 25.2 Å². The molecule has 0 bridgehead atoms. The zero-order valence-electron chi connectivity index (χ0n) is 10.5. The van der Waals surface area contributed by atoms with Gasteiger partial charge in [0.2, 0.25) is 0 Å². The number of nitrogens with one attached hydrogen (secondary N) is 1. The third-order valence-corrected chi connectivity index (χ3v) is 3.00. The van der Waals surface area contributed by atoms with Crippen molar-refractivity contribution in [1.29, 1.82) is 0 Å². The smallest absolute Gasteiger partial charge is 0.274 e. The lowest BCUT2D eigenvalue weighted by Gasteiger charge is -2.20. The van der Waals surface area contributed by atoms with Crippen molar-refractivity contribution in [2.24, 2.45) is 10.9 Å². The van der Waals surface area contributed by atoms with Crippen molar-refractivity contribution >= 4 is 11.6 Å². The van der Waals surface area contributed by atoms with E-state index in [-0.39, 0.29) is 18.4 Å². The molecule has 4 nitrogen and oxygen atoms in total. The summed E-state index contributed by atoms with van der Waals surface area (Å²) in [6.45, 7) is 3.38. The van der Waals surface area contributed by atoms with Crippen LogP contribution in [0, 0.1) is 5.92 Å². The molecule has 0 aromatic carbocycles. The van der Waals surface area contributed by atoms with E-state index in [0.717, 1.165) is 11.3 Å². The maximum absolute atomic E-state index is 11.8. The normalized spacial score (nSPS) is 22.2. The zero-order valence-corrected chi connectivity index (χ0v) is 10.5. The second-order valence-corrected chi connectivity index (χ2v) is 4.56.